The average Bonchev–Trinajstić information content (AvgIpc) is 2.91. The van der Waals surface area contributed by atoms with Crippen LogP contribution in [0.25, 0.3) is 0 Å². The quantitative estimate of drug-likeness (QED) is 0.266. The van der Waals surface area contributed by atoms with Gasteiger partial charge in [0, 0.05) is 11.8 Å². The van der Waals surface area contributed by atoms with Gasteiger partial charge in [0.05, 0.1) is 32.4 Å². The van der Waals surface area contributed by atoms with E-state index in [2.05, 4.69) is 15.8 Å². The number of benzene rings is 3. The van der Waals surface area contributed by atoms with Gasteiger partial charge in [0.1, 0.15) is 23.8 Å². The van der Waals surface area contributed by atoms with Gasteiger partial charge in [-0.05, 0) is 54.1 Å². The first-order chi connectivity index (χ1) is 18.2. The molecule has 0 heterocycles. The number of para-hydroxylation sites is 1. The summed E-state index contributed by atoms with van der Waals surface area (Å²) in [7, 11) is -1.00. The molecule has 0 unspecified atom stereocenters. The van der Waals surface area contributed by atoms with Crippen molar-refractivity contribution in [3.05, 3.63) is 78.4 Å². The second-order valence-corrected chi connectivity index (χ2v) is 9.78. The van der Waals surface area contributed by atoms with Crippen LogP contribution in [0.5, 0.6) is 17.2 Å². The van der Waals surface area contributed by atoms with Crippen molar-refractivity contribution in [2.24, 2.45) is 5.10 Å². The van der Waals surface area contributed by atoms with Crippen LogP contribution in [-0.2, 0) is 19.6 Å². The van der Waals surface area contributed by atoms with Crippen molar-refractivity contribution in [2.75, 3.05) is 43.2 Å². The maximum Gasteiger partial charge on any atom is 0.262 e. The first-order valence-corrected chi connectivity index (χ1v) is 13.1. The highest BCUT2D eigenvalue weighted by Crippen LogP contribution is 2.33. The Labute approximate surface area is 221 Å². The van der Waals surface area contributed by atoms with E-state index < -0.39 is 22.5 Å². The van der Waals surface area contributed by atoms with Crippen LogP contribution < -0.4 is 29.3 Å². The summed E-state index contributed by atoms with van der Waals surface area (Å²) in [6, 6.07) is 20.3. The number of ether oxygens (including phenoxy) is 3. The molecule has 38 heavy (non-hydrogen) atoms. The topological polar surface area (TPSA) is 136 Å². The highest BCUT2D eigenvalue weighted by molar-refractivity contribution is 7.92. The summed E-state index contributed by atoms with van der Waals surface area (Å²) in [6.07, 6.45) is 2.37. The van der Waals surface area contributed by atoms with Crippen molar-refractivity contribution in [1.82, 2.24) is 5.43 Å². The van der Waals surface area contributed by atoms with Gasteiger partial charge in [-0.2, -0.15) is 5.10 Å². The van der Waals surface area contributed by atoms with E-state index in [1.165, 1.54) is 26.5 Å². The van der Waals surface area contributed by atoms with E-state index in [1.807, 2.05) is 18.2 Å². The maximum absolute atomic E-state index is 12.5. The number of amides is 2. The lowest BCUT2D eigenvalue weighted by Gasteiger charge is -2.23. The highest BCUT2D eigenvalue weighted by atomic mass is 32.2. The van der Waals surface area contributed by atoms with Gasteiger partial charge in [0.2, 0.25) is 10.0 Å². The molecule has 0 aromatic heterocycles. The van der Waals surface area contributed by atoms with Gasteiger partial charge in [0.25, 0.3) is 11.8 Å². The Balaban J connectivity index is 1.55. The molecule has 0 spiro atoms. The number of hydrogen-bond donors (Lipinski definition) is 2. The van der Waals surface area contributed by atoms with Crippen molar-refractivity contribution >= 4 is 39.4 Å². The number of carbonyl (C=O) groups is 2. The zero-order valence-corrected chi connectivity index (χ0v) is 21.9. The number of hydrazone groups is 1. The van der Waals surface area contributed by atoms with E-state index in [1.54, 1.807) is 48.5 Å². The number of nitrogens with zero attached hydrogens (tertiary/aromatic N) is 2. The number of hydrogen-bond acceptors (Lipinski definition) is 8. The monoisotopic (exact) mass is 540 g/mol. The molecule has 0 fully saturated rings. The zero-order valence-electron chi connectivity index (χ0n) is 21.1. The molecule has 0 atom stereocenters. The van der Waals surface area contributed by atoms with E-state index in [0.29, 0.717) is 22.7 Å². The molecule has 0 saturated carbocycles. The molecule has 200 valence electrons. The van der Waals surface area contributed by atoms with Gasteiger partial charge >= 0.3 is 0 Å². The largest absolute Gasteiger partial charge is 0.497 e. The van der Waals surface area contributed by atoms with Crippen LogP contribution in [0.4, 0.5) is 11.4 Å². The lowest BCUT2D eigenvalue weighted by atomic mass is 10.2. The highest BCUT2D eigenvalue weighted by Gasteiger charge is 2.24. The number of carbonyl (C=O) groups excluding carboxylic acids is 2. The van der Waals surface area contributed by atoms with E-state index in [4.69, 9.17) is 14.2 Å². The van der Waals surface area contributed by atoms with Gasteiger partial charge in [0.15, 0.2) is 6.61 Å². The molecule has 2 amide bonds. The van der Waals surface area contributed by atoms with Gasteiger partial charge in [-0.3, -0.25) is 13.9 Å². The van der Waals surface area contributed by atoms with Crippen molar-refractivity contribution < 1.29 is 32.2 Å². The minimum atomic E-state index is -3.84. The van der Waals surface area contributed by atoms with Crippen LogP contribution in [0.3, 0.4) is 0 Å². The van der Waals surface area contributed by atoms with Crippen LogP contribution in [0.1, 0.15) is 5.56 Å². The average molecular weight is 541 g/mol. The third-order valence-corrected chi connectivity index (χ3v) is 6.18. The Morgan fingerprint density at radius 2 is 1.61 bits per heavy atom. The fraction of sp³-hybridized carbons (Fsp3) is 0.192. The maximum atomic E-state index is 12.5. The van der Waals surface area contributed by atoms with Crippen molar-refractivity contribution in [1.29, 1.82) is 0 Å². The molecule has 0 bridgehead atoms. The van der Waals surface area contributed by atoms with Crippen molar-refractivity contribution in [3.8, 4) is 17.2 Å². The molecule has 0 saturated heterocycles. The van der Waals surface area contributed by atoms with Crippen LogP contribution in [0.2, 0.25) is 0 Å². The van der Waals surface area contributed by atoms with E-state index in [0.717, 1.165) is 10.6 Å². The molecule has 3 aromatic carbocycles. The van der Waals surface area contributed by atoms with Crippen molar-refractivity contribution in [2.45, 2.75) is 0 Å². The Morgan fingerprint density at radius 1 is 0.921 bits per heavy atom. The summed E-state index contributed by atoms with van der Waals surface area (Å²) < 4.78 is 41.7. The molecule has 12 heteroatoms. The predicted molar refractivity (Wildman–Crippen MR) is 144 cm³/mol. The molecular formula is C26H28N4O7S. The Hall–Kier alpha value is -4.58. The lowest BCUT2D eigenvalue weighted by molar-refractivity contribution is -0.119. The molecule has 11 nitrogen and oxygen atoms in total. The van der Waals surface area contributed by atoms with Crippen molar-refractivity contribution in [3.63, 3.8) is 0 Å². The van der Waals surface area contributed by atoms with Gasteiger partial charge in [-0.25, -0.2) is 13.8 Å². The number of nitrogens with one attached hydrogen (secondary N) is 2. The smallest absolute Gasteiger partial charge is 0.262 e. The second-order valence-electron chi connectivity index (χ2n) is 7.87. The number of sulfonamides is 1. The standard InChI is InChI=1S/C26H28N4O7S/c1-35-22-13-14-24(36-2)23(15-22)30(38(3,33)34)17-25(31)29-27-16-19-9-11-21(12-10-19)37-18-26(32)28-20-7-5-4-6-8-20/h4-16H,17-18H2,1-3H3,(H,28,32)(H,29,31)/b27-16-. The minimum Gasteiger partial charge on any atom is -0.497 e. The summed E-state index contributed by atoms with van der Waals surface area (Å²) in [4.78, 5) is 24.5. The normalized spacial score (nSPS) is 11.0. The first kappa shape index (κ1) is 28.0. The van der Waals surface area contributed by atoms with E-state index in [9.17, 15) is 18.0 Å². The Bertz CT molecular complexity index is 1380. The molecule has 3 rings (SSSR count). The fourth-order valence-electron chi connectivity index (χ4n) is 3.23. The molecule has 3 aromatic rings. The number of rotatable bonds is 12. The second kappa shape index (κ2) is 13.1. The molecular weight excluding hydrogens is 512 g/mol. The van der Waals surface area contributed by atoms with Crippen LogP contribution >= 0.6 is 0 Å². The number of anilines is 2. The molecule has 2 N–H and O–H groups in total. The van der Waals surface area contributed by atoms with Gasteiger partial charge < -0.3 is 19.5 Å². The molecule has 0 aliphatic heterocycles. The minimum absolute atomic E-state index is 0.154. The van der Waals surface area contributed by atoms with Gasteiger partial charge in [-0.1, -0.05) is 18.2 Å². The Morgan fingerprint density at radius 3 is 2.24 bits per heavy atom. The first-order valence-electron chi connectivity index (χ1n) is 11.3. The number of methoxy groups -OCH3 is 2. The SMILES string of the molecule is COc1ccc(OC)c(N(CC(=O)N/N=C\c2ccc(OCC(=O)Nc3ccccc3)cc2)S(C)(=O)=O)c1. The molecule has 0 radical (unpaired) electrons. The van der Waals surface area contributed by atoms with Crippen LogP contribution in [0.15, 0.2) is 77.9 Å². The third-order valence-electron chi connectivity index (χ3n) is 5.05. The van der Waals surface area contributed by atoms with E-state index in [-0.39, 0.29) is 24.0 Å². The summed E-state index contributed by atoms with van der Waals surface area (Å²) in [5.74, 6) is 0.176. The summed E-state index contributed by atoms with van der Waals surface area (Å²) in [5, 5.41) is 6.62. The predicted octanol–water partition coefficient (Wildman–Crippen LogP) is 2.64. The van der Waals surface area contributed by atoms with Crippen LogP contribution in [0, 0.1) is 0 Å². The zero-order chi connectivity index (χ0) is 27.5. The van der Waals surface area contributed by atoms with Crippen LogP contribution in [-0.4, -0.2) is 60.1 Å². The Kier molecular flexibility index (Phi) is 9.66. The molecule has 0 aliphatic rings. The summed E-state index contributed by atoms with van der Waals surface area (Å²) in [5.41, 5.74) is 3.79. The fourth-order valence-corrected chi connectivity index (χ4v) is 4.09. The van der Waals surface area contributed by atoms with E-state index >= 15 is 0 Å². The summed E-state index contributed by atoms with van der Waals surface area (Å²) in [6.45, 7) is -0.690. The third kappa shape index (κ3) is 8.23. The van der Waals surface area contributed by atoms with Gasteiger partial charge in [-0.15, -0.1) is 0 Å². The molecule has 0 aliphatic carbocycles. The lowest BCUT2D eigenvalue weighted by Crippen LogP contribution is -2.39. The summed E-state index contributed by atoms with van der Waals surface area (Å²) >= 11 is 0.